The lowest BCUT2D eigenvalue weighted by molar-refractivity contribution is 0.0600. The molecule has 1 heterocycles. The summed E-state index contributed by atoms with van der Waals surface area (Å²) < 4.78 is 33.2. The van der Waals surface area contributed by atoms with E-state index in [0.717, 1.165) is 5.56 Å². The number of aromatic nitrogens is 2. The summed E-state index contributed by atoms with van der Waals surface area (Å²) in [6, 6.07) is 5.83. The molecule has 2 aromatic rings. The summed E-state index contributed by atoms with van der Waals surface area (Å²) >= 11 is 0. The maximum atomic E-state index is 12.8. The Bertz CT molecular complexity index is 799. The highest BCUT2D eigenvalue weighted by molar-refractivity contribution is 7.89. The van der Waals surface area contributed by atoms with Crippen molar-refractivity contribution >= 4 is 16.0 Å². The van der Waals surface area contributed by atoms with Crippen LogP contribution in [0.25, 0.3) is 0 Å². The molecule has 0 unspecified atom stereocenters. The van der Waals surface area contributed by atoms with Crippen LogP contribution in [0.3, 0.4) is 0 Å². The van der Waals surface area contributed by atoms with E-state index in [4.69, 9.17) is 0 Å². The van der Waals surface area contributed by atoms with E-state index in [2.05, 4.69) is 9.84 Å². The van der Waals surface area contributed by atoms with Gasteiger partial charge in [-0.05, 0) is 18.2 Å². The van der Waals surface area contributed by atoms with Crippen molar-refractivity contribution in [1.82, 2.24) is 14.1 Å². The van der Waals surface area contributed by atoms with Gasteiger partial charge in [0.2, 0.25) is 10.0 Å². The number of hydrogen-bond donors (Lipinski definition) is 0. The molecule has 0 aliphatic carbocycles. The normalized spacial score (nSPS) is 11.7. The zero-order chi connectivity index (χ0) is 17.0. The Kier molecular flexibility index (Phi) is 5.17. The van der Waals surface area contributed by atoms with Gasteiger partial charge >= 0.3 is 5.97 Å². The van der Waals surface area contributed by atoms with Crippen LogP contribution in [0.15, 0.2) is 41.6 Å². The Morgan fingerprint density at radius 2 is 2.13 bits per heavy atom. The molecule has 0 saturated carbocycles. The first-order chi connectivity index (χ1) is 10.9. The summed E-state index contributed by atoms with van der Waals surface area (Å²) in [6.07, 6.45) is 3.39. The smallest absolute Gasteiger partial charge is 0.337 e. The molecule has 23 heavy (non-hydrogen) atoms. The van der Waals surface area contributed by atoms with Crippen LogP contribution >= 0.6 is 0 Å². The number of sulfonamides is 1. The predicted molar refractivity (Wildman–Crippen MR) is 84.3 cm³/mol. The molecule has 1 aromatic carbocycles. The Balaban J connectivity index is 2.33. The van der Waals surface area contributed by atoms with Crippen LogP contribution in [0.1, 0.15) is 22.8 Å². The summed E-state index contributed by atoms with van der Waals surface area (Å²) in [5.41, 5.74) is 0.994. The highest BCUT2D eigenvalue weighted by Crippen LogP contribution is 2.19. The maximum Gasteiger partial charge on any atom is 0.337 e. The van der Waals surface area contributed by atoms with Crippen molar-refractivity contribution in [3.63, 3.8) is 0 Å². The number of methoxy groups -OCH3 is 1. The lowest BCUT2D eigenvalue weighted by atomic mass is 10.2. The summed E-state index contributed by atoms with van der Waals surface area (Å²) in [4.78, 5) is 11.6. The Hall–Kier alpha value is -2.19. The Morgan fingerprint density at radius 1 is 1.39 bits per heavy atom. The van der Waals surface area contributed by atoms with Crippen molar-refractivity contribution in [1.29, 1.82) is 0 Å². The van der Waals surface area contributed by atoms with Crippen molar-refractivity contribution in [2.45, 2.75) is 18.4 Å². The number of rotatable bonds is 6. The molecule has 0 aliphatic heterocycles. The summed E-state index contributed by atoms with van der Waals surface area (Å²) in [5.74, 6) is -0.572. The van der Waals surface area contributed by atoms with Crippen molar-refractivity contribution in [2.75, 3.05) is 13.7 Å². The average molecular weight is 337 g/mol. The van der Waals surface area contributed by atoms with E-state index in [9.17, 15) is 13.2 Å². The van der Waals surface area contributed by atoms with Crippen LogP contribution in [0.4, 0.5) is 0 Å². The minimum absolute atomic E-state index is 0.0612. The third kappa shape index (κ3) is 3.77. The average Bonchev–Trinajstić information content (AvgIpc) is 2.96. The highest BCUT2D eigenvalue weighted by Gasteiger charge is 2.24. The van der Waals surface area contributed by atoms with E-state index in [1.54, 1.807) is 31.0 Å². The van der Waals surface area contributed by atoms with Crippen molar-refractivity contribution < 1.29 is 17.9 Å². The van der Waals surface area contributed by atoms with E-state index in [1.165, 1.54) is 35.7 Å². The van der Waals surface area contributed by atoms with Crippen LogP contribution in [-0.2, 0) is 28.4 Å². The number of benzene rings is 1. The lowest BCUT2D eigenvalue weighted by Gasteiger charge is -2.20. The van der Waals surface area contributed by atoms with Crippen molar-refractivity contribution in [3.05, 3.63) is 47.8 Å². The van der Waals surface area contributed by atoms with Gasteiger partial charge in [-0.15, -0.1) is 0 Å². The molecular formula is C15H19N3O4S. The maximum absolute atomic E-state index is 12.8. The quantitative estimate of drug-likeness (QED) is 0.745. The summed E-state index contributed by atoms with van der Waals surface area (Å²) in [6.45, 7) is 2.28. The molecule has 0 spiro atoms. The van der Waals surface area contributed by atoms with E-state index in [-0.39, 0.29) is 17.0 Å². The SMILES string of the molecule is CCN(Cc1cnn(C)c1)S(=O)(=O)c1cccc(C(=O)OC)c1. The molecule has 0 radical (unpaired) electrons. The second-order valence-electron chi connectivity index (χ2n) is 4.97. The van der Waals surface area contributed by atoms with Gasteiger partial charge in [-0.3, -0.25) is 4.68 Å². The van der Waals surface area contributed by atoms with Crippen LogP contribution in [-0.4, -0.2) is 42.1 Å². The topological polar surface area (TPSA) is 81.5 Å². The number of nitrogens with zero attached hydrogens (tertiary/aromatic N) is 3. The monoisotopic (exact) mass is 337 g/mol. The van der Waals surface area contributed by atoms with Gasteiger partial charge in [0.1, 0.15) is 0 Å². The van der Waals surface area contributed by atoms with Gasteiger partial charge in [-0.2, -0.15) is 9.40 Å². The third-order valence-corrected chi connectivity index (χ3v) is 5.28. The van der Waals surface area contributed by atoms with Gasteiger partial charge in [0.05, 0.1) is 23.8 Å². The standard InChI is InChI=1S/C15H19N3O4S/c1-4-18(11-12-9-16-17(2)10-12)23(20,21)14-7-5-6-13(8-14)15(19)22-3/h5-10H,4,11H2,1-3H3. The second kappa shape index (κ2) is 6.93. The fraction of sp³-hybridized carbons (Fsp3) is 0.333. The van der Waals surface area contributed by atoms with Crippen LogP contribution in [0, 0.1) is 0 Å². The van der Waals surface area contributed by atoms with E-state index in [1.807, 2.05) is 0 Å². The summed E-state index contributed by atoms with van der Waals surface area (Å²) in [5, 5.41) is 4.04. The third-order valence-electron chi connectivity index (χ3n) is 3.36. The zero-order valence-electron chi connectivity index (χ0n) is 13.3. The molecule has 1 aromatic heterocycles. The first kappa shape index (κ1) is 17.2. The van der Waals surface area contributed by atoms with Crippen molar-refractivity contribution in [2.24, 2.45) is 7.05 Å². The molecule has 2 rings (SSSR count). The van der Waals surface area contributed by atoms with E-state index >= 15 is 0 Å². The molecule has 8 heteroatoms. The van der Waals surface area contributed by atoms with Gasteiger partial charge in [0, 0.05) is 31.9 Å². The highest BCUT2D eigenvalue weighted by atomic mass is 32.2. The molecule has 124 valence electrons. The minimum atomic E-state index is -3.72. The number of aryl methyl sites for hydroxylation is 1. The Morgan fingerprint density at radius 3 is 2.70 bits per heavy atom. The number of carbonyl (C=O) groups is 1. The number of hydrogen-bond acceptors (Lipinski definition) is 5. The second-order valence-corrected chi connectivity index (χ2v) is 6.91. The predicted octanol–water partition coefficient (Wildman–Crippen LogP) is 1.42. The molecule has 0 N–H and O–H groups in total. The fourth-order valence-corrected chi connectivity index (χ4v) is 3.66. The largest absolute Gasteiger partial charge is 0.465 e. The first-order valence-corrected chi connectivity index (χ1v) is 8.48. The summed E-state index contributed by atoms with van der Waals surface area (Å²) in [7, 11) is -0.690. The zero-order valence-corrected chi connectivity index (χ0v) is 14.1. The molecule has 0 saturated heterocycles. The van der Waals surface area contributed by atoms with Gasteiger partial charge < -0.3 is 4.74 Å². The molecule has 0 amide bonds. The van der Waals surface area contributed by atoms with Crippen LogP contribution in [0.2, 0.25) is 0 Å². The lowest BCUT2D eigenvalue weighted by Crippen LogP contribution is -2.30. The number of esters is 1. The molecule has 0 fully saturated rings. The fourth-order valence-electron chi connectivity index (χ4n) is 2.17. The van der Waals surface area contributed by atoms with Gasteiger partial charge in [0.25, 0.3) is 0 Å². The number of ether oxygens (including phenoxy) is 1. The Labute approximate surface area is 135 Å². The van der Waals surface area contributed by atoms with Gasteiger partial charge in [-0.1, -0.05) is 13.0 Å². The minimum Gasteiger partial charge on any atom is -0.465 e. The number of carbonyl (C=O) groups excluding carboxylic acids is 1. The van der Waals surface area contributed by atoms with E-state index in [0.29, 0.717) is 6.54 Å². The molecular weight excluding hydrogens is 318 g/mol. The molecule has 0 atom stereocenters. The van der Waals surface area contributed by atoms with Gasteiger partial charge in [0.15, 0.2) is 0 Å². The molecule has 0 aliphatic rings. The van der Waals surface area contributed by atoms with E-state index < -0.39 is 16.0 Å². The van der Waals surface area contributed by atoms with Gasteiger partial charge in [-0.25, -0.2) is 13.2 Å². The van der Waals surface area contributed by atoms with Crippen LogP contribution < -0.4 is 0 Å². The van der Waals surface area contributed by atoms with Crippen molar-refractivity contribution in [3.8, 4) is 0 Å². The van der Waals surface area contributed by atoms with Crippen LogP contribution in [0.5, 0.6) is 0 Å². The molecule has 7 nitrogen and oxygen atoms in total. The first-order valence-electron chi connectivity index (χ1n) is 7.04. The molecule has 0 bridgehead atoms.